The molecule has 0 spiro atoms. The molecule has 4 aliphatic carbocycles. The minimum Gasteiger partial charge on any atom is -0.458 e. The first kappa shape index (κ1) is 26.4. The highest BCUT2D eigenvalue weighted by molar-refractivity contribution is 5.99. The Hall–Kier alpha value is -2.25. The molecule has 2 saturated carbocycles. The summed E-state index contributed by atoms with van der Waals surface area (Å²) in [5.41, 5.74) is 1.07. The average Bonchev–Trinajstić information content (AvgIpc) is 3.19. The van der Waals surface area contributed by atoms with Crippen molar-refractivity contribution in [3.05, 3.63) is 34.9 Å². The van der Waals surface area contributed by atoms with Crippen molar-refractivity contribution in [1.29, 1.82) is 0 Å². The Morgan fingerprint density at radius 2 is 1.95 bits per heavy atom. The van der Waals surface area contributed by atoms with E-state index in [1.165, 1.54) is 19.1 Å². The van der Waals surface area contributed by atoms with Crippen molar-refractivity contribution >= 4 is 17.7 Å². The topological polar surface area (TPSA) is 110 Å². The fourth-order valence-electron chi connectivity index (χ4n) is 9.00. The quantitative estimate of drug-likeness (QED) is 0.437. The van der Waals surface area contributed by atoms with Gasteiger partial charge >= 0.3 is 11.9 Å². The molecule has 5 rings (SSSR count). The van der Waals surface area contributed by atoms with Crippen LogP contribution < -0.4 is 0 Å². The van der Waals surface area contributed by atoms with Gasteiger partial charge in [-0.2, -0.15) is 0 Å². The van der Waals surface area contributed by atoms with E-state index < -0.39 is 23.6 Å². The average molecular weight is 513 g/mol. The van der Waals surface area contributed by atoms with Crippen molar-refractivity contribution in [2.24, 2.45) is 40.4 Å². The first-order valence-electron chi connectivity index (χ1n) is 13.7. The van der Waals surface area contributed by atoms with Crippen LogP contribution in [0.5, 0.6) is 0 Å². The van der Waals surface area contributed by atoms with Gasteiger partial charge in [0.15, 0.2) is 5.78 Å². The van der Waals surface area contributed by atoms with Crippen LogP contribution in [0.25, 0.3) is 0 Å². The maximum absolute atomic E-state index is 13.3. The monoisotopic (exact) mass is 512 g/mol. The summed E-state index contributed by atoms with van der Waals surface area (Å²) in [5.74, 6) is -0.133. The lowest BCUT2D eigenvalue weighted by molar-refractivity contribution is -0.161. The molecule has 202 valence electrons. The number of carbonyl (C=O) groups is 3. The lowest BCUT2D eigenvalue weighted by atomic mass is 9.46. The van der Waals surface area contributed by atoms with Crippen LogP contribution in [0.15, 0.2) is 34.9 Å². The first-order chi connectivity index (χ1) is 17.4. The molecule has 1 heterocycles. The lowest BCUT2D eigenvalue weighted by Gasteiger charge is -2.58. The molecular weight excluding hydrogens is 472 g/mol. The van der Waals surface area contributed by atoms with Gasteiger partial charge in [-0.25, -0.2) is 4.79 Å². The molecule has 0 saturated heterocycles. The molecule has 0 radical (unpaired) electrons. The van der Waals surface area contributed by atoms with E-state index >= 15 is 0 Å². The van der Waals surface area contributed by atoms with Crippen molar-refractivity contribution in [2.75, 3.05) is 6.61 Å². The van der Waals surface area contributed by atoms with E-state index in [9.17, 15) is 24.6 Å². The number of ether oxygens (including phenoxy) is 2. The minimum atomic E-state index is -0.854. The third-order valence-corrected chi connectivity index (χ3v) is 10.9. The number of hydrogen-bond donors (Lipinski definition) is 2. The Labute approximate surface area is 219 Å². The number of aliphatic hydroxyl groups excluding tert-OH is 2. The van der Waals surface area contributed by atoms with Crippen molar-refractivity contribution in [1.82, 2.24) is 0 Å². The van der Waals surface area contributed by atoms with E-state index in [1.54, 1.807) is 0 Å². The maximum atomic E-state index is 13.3. The van der Waals surface area contributed by atoms with Gasteiger partial charge in [0, 0.05) is 19.3 Å². The number of esters is 2. The van der Waals surface area contributed by atoms with Gasteiger partial charge in [0.25, 0.3) is 0 Å². The van der Waals surface area contributed by atoms with E-state index in [0.29, 0.717) is 23.5 Å². The Morgan fingerprint density at radius 1 is 1.22 bits per heavy atom. The van der Waals surface area contributed by atoms with Gasteiger partial charge in [0.2, 0.25) is 0 Å². The number of rotatable bonds is 4. The second kappa shape index (κ2) is 9.19. The number of ketones is 1. The number of carbonyl (C=O) groups excluding carboxylic acids is 3. The van der Waals surface area contributed by atoms with Gasteiger partial charge < -0.3 is 19.7 Å². The predicted molar refractivity (Wildman–Crippen MR) is 136 cm³/mol. The van der Waals surface area contributed by atoms with E-state index in [4.69, 9.17) is 9.47 Å². The van der Waals surface area contributed by atoms with Crippen LogP contribution >= 0.6 is 0 Å². The van der Waals surface area contributed by atoms with Crippen LogP contribution in [-0.2, 0) is 23.9 Å². The number of hydrogen-bond acceptors (Lipinski definition) is 7. The Bertz CT molecular complexity index is 1100. The molecule has 10 atom stereocenters. The molecule has 0 aromatic carbocycles. The Kier molecular flexibility index (Phi) is 6.55. The van der Waals surface area contributed by atoms with Crippen molar-refractivity contribution in [2.45, 2.75) is 85.0 Å². The molecule has 37 heavy (non-hydrogen) atoms. The highest BCUT2D eigenvalue weighted by Crippen LogP contribution is 2.67. The summed E-state index contributed by atoms with van der Waals surface area (Å²) in [6.45, 7) is 9.48. The van der Waals surface area contributed by atoms with Crippen LogP contribution in [0, 0.1) is 40.4 Å². The highest BCUT2D eigenvalue weighted by atomic mass is 16.5. The van der Waals surface area contributed by atoms with Crippen molar-refractivity contribution in [3.63, 3.8) is 0 Å². The SMILES string of the molecule is CC(=O)OC1C=C2[C@@H](O)C=CC(=O)[C@]2(C)[C@H]2CC[C@]3(C)[C@@H]([C@H](C)[C@H]4CC(C)=C(CO)C(=O)O4)CC[C@H]3[C@H]12. The van der Waals surface area contributed by atoms with Crippen LogP contribution in [0.1, 0.15) is 66.7 Å². The van der Waals surface area contributed by atoms with Crippen molar-refractivity contribution < 1.29 is 34.1 Å². The van der Waals surface area contributed by atoms with Crippen LogP contribution in [0.3, 0.4) is 0 Å². The normalized spacial score (nSPS) is 43.9. The molecule has 7 nitrogen and oxygen atoms in total. The molecule has 0 bridgehead atoms. The van der Waals surface area contributed by atoms with E-state index in [-0.39, 0.29) is 53.6 Å². The molecule has 2 N–H and O–H groups in total. The smallest absolute Gasteiger partial charge is 0.336 e. The third-order valence-electron chi connectivity index (χ3n) is 10.9. The van der Waals surface area contributed by atoms with Gasteiger partial charge in [0.1, 0.15) is 12.2 Å². The standard InChI is InChI=1S/C30H40O7/c1-15-12-24(37-28(35)18(15)14-31)16(2)19-6-7-20-27-21(10-11-29(19,20)4)30(5)22(13-25(27)36-17(3)32)23(33)8-9-26(30)34/h8-9,13,16,19-21,23-25,27,31,33H,6-7,10-12,14H2,1-5H3/t16-,19+,20-,21-,23-,24+,25?,27-,29+,30+/m0/s1. The fourth-order valence-corrected chi connectivity index (χ4v) is 9.00. The summed E-state index contributed by atoms with van der Waals surface area (Å²) in [7, 11) is 0. The second-order valence-electron chi connectivity index (χ2n) is 12.5. The fraction of sp³-hybridized carbons (Fsp3) is 0.700. The highest BCUT2D eigenvalue weighted by Gasteiger charge is 2.64. The zero-order valence-electron chi connectivity index (χ0n) is 22.5. The molecule has 2 fully saturated rings. The van der Waals surface area contributed by atoms with E-state index in [0.717, 1.165) is 31.3 Å². The second-order valence-corrected chi connectivity index (χ2v) is 12.5. The maximum Gasteiger partial charge on any atom is 0.336 e. The minimum absolute atomic E-state index is 0.0166. The van der Waals surface area contributed by atoms with E-state index in [1.807, 2.05) is 19.9 Å². The van der Waals surface area contributed by atoms with Crippen molar-refractivity contribution in [3.8, 4) is 0 Å². The van der Waals surface area contributed by atoms with Gasteiger partial charge in [-0.15, -0.1) is 0 Å². The number of fused-ring (bicyclic) bond motifs is 5. The summed E-state index contributed by atoms with van der Waals surface area (Å²) < 4.78 is 11.7. The van der Waals surface area contributed by atoms with Crippen LogP contribution in [0.2, 0.25) is 0 Å². The molecular formula is C30H40O7. The number of aliphatic hydroxyl groups is 2. The summed E-state index contributed by atoms with van der Waals surface area (Å²) >= 11 is 0. The third kappa shape index (κ3) is 3.87. The molecule has 7 heteroatoms. The Balaban J connectivity index is 1.48. The first-order valence-corrected chi connectivity index (χ1v) is 13.7. The predicted octanol–water partition coefficient (Wildman–Crippen LogP) is 3.68. The molecule has 1 unspecified atom stereocenters. The molecule has 1 aliphatic heterocycles. The summed E-state index contributed by atoms with van der Waals surface area (Å²) in [6.07, 6.45) is 7.63. The van der Waals surface area contributed by atoms with Gasteiger partial charge in [0.05, 0.1) is 23.7 Å². The lowest BCUT2D eigenvalue weighted by Crippen LogP contribution is -2.58. The summed E-state index contributed by atoms with van der Waals surface area (Å²) in [5, 5.41) is 20.4. The van der Waals surface area contributed by atoms with Gasteiger partial charge in [-0.1, -0.05) is 19.4 Å². The molecule has 0 aromatic rings. The van der Waals surface area contributed by atoms with Gasteiger partial charge in [-0.05, 0) is 92.4 Å². The molecule has 5 aliphatic rings. The van der Waals surface area contributed by atoms with Gasteiger partial charge in [-0.3, -0.25) is 9.59 Å². The van der Waals surface area contributed by atoms with E-state index in [2.05, 4.69) is 13.8 Å². The van der Waals surface area contributed by atoms with Crippen LogP contribution in [0.4, 0.5) is 0 Å². The Morgan fingerprint density at radius 3 is 2.59 bits per heavy atom. The summed E-state index contributed by atoms with van der Waals surface area (Å²) in [4.78, 5) is 38.0. The zero-order chi connectivity index (χ0) is 26.9. The largest absolute Gasteiger partial charge is 0.458 e. The summed E-state index contributed by atoms with van der Waals surface area (Å²) in [6, 6.07) is 0. The molecule has 0 aromatic heterocycles. The zero-order valence-corrected chi connectivity index (χ0v) is 22.5. The van der Waals surface area contributed by atoms with Crippen LogP contribution in [-0.4, -0.2) is 52.9 Å². The molecule has 0 amide bonds. The number of allylic oxidation sites excluding steroid dienone is 1. The number of cyclic esters (lactones) is 1.